The predicted molar refractivity (Wildman–Crippen MR) is 107 cm³/mol. The number of anilines is 2. The average Bonchev–Trinajstić information content (AvgIpc) is 2.91. The average molecular weight is 473 g/mol. The van der Waals surface area contributed by atoms with Crippen molar-refractivity contribution in [1.82, 2.24) is 14.6 Å². The van der Waals surface area contributed by atoms with Crippen LogP contribution in [0.3, 0.4) is 0 Å². The Morgan fingerprint density at radius 3 is 2.41 bits per heavy atom. The maximum atomic E-state index is 12.9. The van der Waals surface area contributed by atoms with Crippen LogP contribution in [0.5, 0.6) is 5.75 Å². The van der Waals surface area contributed by atoms with Crippen molar-refractivity contribution in [2.45, 2.75) is 25.9 Å². The largest absolute Gasteiger partial charge is 0.573 e. The summed E-state index contributed by atoms with van der Waals surface area (Å²) in [5.41, 5.74) is 0.582. The van der Waals surface area contributed by atoms with Crippen molar-refractivity contribution >= 4 is 33.7 Å². The number of nitrogens with zero attached hydrogens (tertiary/aromatic N) is 3. The first-order valence-corrected chi connectivity index (χ1v) is 10.5. The van der Waals surface area contributed by atoms with E-state index in [9.17, 15) is 31.2 Å². The fraction of sp³-hybridized carbons (Fsp3) is 0.278. The highest BCUT2D eigenvalue weighted by molar-refractivity contribution is 7.90. The van der Waals surface area contributed by atoms with Gasteiger partial charge >= 0.3 is 12.4 Å². The third-order valence-electron chi connectivity index (χ3n) is 4.50. The predicted octanol–water partition coefficient (Wildman–Crippen LogP) is 2.21. The number of rotatable bonds is 7. The van der Waals surface area contributed by atoms with Crippen LogP contribution in [0.15, 0.2) is 42.6 Å². The van der Waals surface area contributed by atoms with Crippen molar-refractivity contribution in [3.8, 4) is 5.75 Å². The number of pyridine rings is 1. The van der Waals surface area contributed by atoms with Crippen LogP contribution in [0.1, 0.15) is 12.5 Å². The number of halogens is 3. The van der Waals surface area contributed by atoms with Gasteiger partial charge in [-0.2, -0.15) is 8.42 Å². The standard InChI is InChI=1S/C18H18F3N5O5S/c1-11-16(27)26(13-3-5-14(6-4-13)31-18(19,20)21)17(28)25(11)10-12-7-8-23-15(9-12)24-32(29,30)22-2/h3-9,11,22H,10H2,1-2H3,(H,23,24). The van der Waals surface area contributed by atoms with E-state index in [1.165, 1.54) is 43.3 Å². The zero-order valence-electron chi connectivity index (χ0n) is 16.8. The lowest BCUT2D eigenvalue weighted by Crippen LogP contribution is -2.33. The summed E-state index contributed by atoms with van der Waals surface area (Å²) in [5.74, 6) is -1.04. The van der Waals surface area contributed by atoms with Crippen LogP contribution in [0.2, 0.25) is 0 Å². The summed E-state index contributed by atoms with van der Waals surface area (Å²) in [6.45, 7) is 1.47. The zero-order chi connectivity index (χ0) is 23.7. The highest BCUT2D eigenvalue weighted by Crippen LogP contribution is 2.30. The lowest BCUT2D eigenvalue weighted by atomic mass is 10.2. The maximum Gasteiger partial charge on any atom is 0.573 e. The van der Waals surface area contributed by atoms with Gasteiger partial charge in [0.05, 0.1) is 5.69 Å². The Morgan fingerprint density at radius 2 is 1.81 bits per heavy atom. The monoisotopic (exact) mass is 473 g/mol. The van der Waals surface area contributed by atoms with Crippen molar-refractivity contribution in [3.63, 3.8) is 0 Å². The molecule has 2 N–H and O–H groups in total. The molecule has 1 atom stereocenters. The van der Waals surface area contributed by atoms with Gasteiger partial charge in [0.1, 0.15) is 17.6 Å². The van der Waals surface area contributed by atoms with E-state index >= 15 is 0 Å². The Hall–Kier alpha value is -3.39. The first-order valence-electron chi connectivity index (χ1n) is 9.07. The minimum absolute atomic E-state index is 0.0135. The van der Waals surface area contributed by atoms with Crippen LogP contribution in [-0.2, 0) is 21.5 Å². The molecule has 1 unspecified atom stereocenters. The molecule has 2 heterocycles. The molecule has 0 aliphatic carbocycles. The molecule has 1 aromatic carbocycles. The van der Waals surface area contributed by atoms with Crippen LogP contribution in [0, 0.1) is 0 Å². The van der Waals surface area contributed by atoms with Gasteiger partial charge in [-0.05, 0) is 48.9 Å². The third-order valence-corrected chi connectivity index (χ3v) is 5.51. The molecule has 3 rings (SSSR count). The molecule has 1 aliphatic heterocycles. The number of benzene rings is 1. The Labute approximate surface area is 181 Å². The second kappa shape index (κ2) is 8.63. The summed E-state index contributed by atoms with van der Waals surface area (Å²) >= 11 is 0. The maximum absolute atomic E-state index is 12.9. The fourth-order valence-corrected chi connectivity index (χ4v) is 3.45. The van der Waals surface area contributed by atoms with Gasteiger partial charge in [0, 0.05) is 19.8 Å². The van der Waals surface area contributed by atoms with Gasteiger partial charge in [-0.25, -0.2) is 19.4 Å². The summed E-state index contributed by atoms with van der Waals surface area (Å²) < 4.78 is 68.3. The van der Waals surface area contributed by atoms with Crippen molar-refractivity contribution in [1.29, 1.82) is 0 Å². The Bertz CT molecular complexity index is 1120. The number of carbonyl (C=O) groups is 2. The number of imide groups is 1. The third kappa shape index (κ3) is 5.26. The molecule has 2 aromatic rings. The molecule has 1 aliphatic rings. The van der Waals surface area contributed by atoms with Gasteiger partial charge < -0.3 is 9.64 Å². The quantitative estimate of drug-likeness (QED) is 0.595. The summed E-state index contributed by atoms with van der Waals surface area (Å²) in [5, 5.41) is 0. The molecule has 0 saturated carbocycles. The molecule has 1 saturated heterocycles. The van der Waals surface area contributed by atoms with E-state index in [-0.39, 0.29) is 18.1 Å². The molecule has 0 bridgehead atoms. The molecule has 14 heteroatoms. The molecule has 0 spiro atoms. The van der Waals surface area contributed by atoms with Crippen LogP contribution in [-0.4, -0.2) is 49.7 Å². The Morgan fingerprint density at radius 1 is 1.16 bits per heavy atom. The van der Waals surface area contributed by atoms with E-state index in [0.717, 1.165) is 17.0 Å². The lowest BCUT2D eigenvalue weighted by molar-refractivity contribution is -0.274. The van der Waals surface area contributed by atoms with Gasteiger partial charge in [0.2, 0.25) is 0 Å². The molecule has 172 valence electrons. The summed E-state index contributed by atoms with van der Waals surface area (Å²) in [4.78, 5) is 31.5. The summed E-state index contributed by atoms with van der Waals surface area (Å²) in [6.07, 6.45) is -3.52. The smallest absolute Gasteiger partial charge is 0.406 e. The van der Waals surface area contributed by atoms with E-state index in [1.54, 1.807) is 6.07 Å². The van der Waals surface area contributed by atoms with Crippen molar-refractivity contribution < 1.29 is 35.9 Å². The van der Waals surface area contributed by atoms with Gasteiger partial charge in [0.25, 0.3) is 16.1 Å². The number of carbonyl (C=O) groups excluding carboxylic acids is 2. The summed E-state index contributed by atoms with van der Waals surface area (Å²) in [7, 11) is -2.57. The molecule has 1 fully saturated rings. The zero-order valence-corrected chi connectivity index (χ0v) is 17.6. The fourth-order valence-electron chi connectivity index (χ4n) is 2.96. The van der Waals surface area contributed by atoms with E-state index < -0.39 is 40.3 Å². The van der Waals surface area contributed by atoms with Crippen molar-refractivity contribution in [3.05, 3.63) is 48.2 Å². The van der Waals surface area contributed by atoms with Crippen LogP contribution in [0.25, 0.3) is 0 Å². The summed E-state index contributed by atoms with van der Waals surface area (Å²) in [6, 6.07) is 5.76. The minimum atomic E-state index is -4.86. The van der Waals surface area contributed by atoms with Crippen LogP contribution in [0.4, 0.5) is 29.5 Å². The number of alkyl halides is 3. The van der Waals surface area contributed by atoms with Crippen LogP contribution >= 0.6 is 0 Å². The topological polar surface area (TPSA) is 121 Å². The van der Waals surface area contributed by atoms with Gasteiger partial charge in [-0.1, -0.05) is 0 Å². The number of nitrogens with one attached hydrogen (secondary N) is 2. The number of ether oxygens (including phenoxy) is 1. The molecule has 32 heavy (non-hydrogen) atoms. The minimum Gasteiger partial charge on any atom is -0.406 e. The number of hydrogen-bond donors (Lipinski definition) is 2. The van der Waals surface area contributed by atoms with Crippen molar-refractivity contribution in [2.75, 3.05) is 16.7 Å². The van der Waals surface area contributed by atoms with Gasteiger partial charge in [-0.15, -0.1) is 13.2 Å². The number of aromatic nitrogens is 1. The lowest BCUT2D eigenvalue weighted by Gasteiger charge is -2.20. The Balaban J connectivity index is 1.78. The van der Waals surface area contributed by atoms with Crippen LogP contribution < -0.4 is 19.1 Å². The molecular weight excluding hydrogens is 455 g/mol. The molecular formula is C18H18F3N5O5S. The van der Waals surface area contributed by atoms with E-state index in [4.69, 9.17) is 0 Å². The number of urea groups is 1. The highest BCUT2D eigenvalue weighted by Gasteiger charge is 2.43. The number of hydrogen-bond acceptors (Lipinski definition) is 6. The van der Waals surface area contributed by atoms with Gasteiger partial charge in [-0.3, -0.25) is 9.52 Å². The van der Waals surface area contributed by atoms with Gasteiger partial charge in [0.15, 0.2) is 0 Å². The second-order valence-corrected chi connectivity index (χ2v) is 8.28. The normalized spacial score (nSPS) is 17.1. The molecule has 10 nitrogen and oxygen atoms in total. The molecule has 3 amide bonds. The van der Waals surface area contributed by atoms with E-state index in [0.29, 0.717) is 5.56 Å². The van der Waals surface area contributed by atoms with Crippen molar-refractivity contribution in [2.24, 2.45) is 0 Å². The first-order chi connectivity index (χ1) is 14.9. The van der Waals surface area contributed by atoms with E-state index in [2.05, 4.69) is 19.2 Å². The van der Waals surface area contributed by atoms with E-state index in [1.807, 2.05) is 0 Å². The molecule has 1 aromatic heterocycles. The first kappa shape index (κ1) is 23.3. The highest BCUT2D eigenvalue weighted by atomic mass is 32.2. The second-order valence-electron chi connectivity index (χ2n) is 6.66. The Kier molecular flexibility index (Phi) is 6.27. The SMILES string of the molecule is CNS(=O)(=O)Nc1cc(CN2C(=O)N(c3ccc(OC(F)(F)F)cc3)C(=O)C2C)ccn1. The molecule has 0 radical (unpaired) electrons. The number of amides is 3.